The van der Waals surface area contributed by atoms with Crippen LogP contribution in [0.4, 0.5) is 0 Å². The van der Waals surface area contributed by atoms with Gasteiger partial charge >= 0.3 is 0 Å². The minimum atomic E-state index is -0.666. The predicted octanol–water partition coefficient (Wildman–Crippen LogP) is 1.18. The van der Waals surface area contributed by atoms with Crippen LogP contribution in [0.5, 0.6) is 11.5 Å². The van der Waals surface area contributed by atoms with Crippen molar-refractivity contribution in [2.24, 2.45) is 0 Å². The van der Waals surface area contributed by atoms with Crippen LogP contribution in [0.3, 0.4) is 0 Å². The highest BCUT2D eigenvalue weighted by Crippen LogP contribution is 2.29. The van der Waals surface area contributed by atoms with Crippen molar-refractivity contribution in [1.82, 2.24) is 20.2 Å². The summed E-state index contributed by atoms with van der Waals surface area (Å²) in [6, 6.07) is 2.44. The SMILES string of the molecule is COc1cc2ncn(CC(=O)N[C@@H](CCSC)C(=O)NC(C)C)c(=O)c2cc1OC. The summed E-state index contributed by atoms with van der Waals surface area (Å²) in [4.78, 5) is 42.0. The minimum absolute atomic E-state index is 0.0366. The molecule has 2 aromatic rings. The second kappa shape index (κ2) is 10.9. The Hall–Kier alpha value is -2.75. The van der Waals surface area contributed by atoms with Gasteiger partial charge < -0.3 is 20.1 Å². The third kappa shape index (κ3) is 5.88. The molecule has 0 aliphatic carbocycles. The van der Waals surface area contributed by atoms with E-state index in [0.29, 0.717) is 28.8 Å². The summed E-state index contributed by atoms with van der Waals surface area (Å²) < 4.78 is 11.7. The largest absolute Gasteiger partial charge is 0.493 e. The summed E-state index contributed by atoms with van der Waals surface area (Å²) in [7, 11) is 2.97. The number of benzene rings is 1. The molecule has 0 saturated heterocycles. The third-order valence-electron chi connectivity index (χ3n) is 4.34. The summed E-state index contributed by atoms with van der Waals surface area (Å²) in [6.45, 7) is 3.46. The first kappa shape index (κ1) is 23.5. The number of rotatable bonds is 10. The van der Waals surface area contributed by atoms with Crippen LogP contribution in [0.1, 0.15) is 20.3 Å². The number of aromatic nitrogens is 2. The number of carbonyl (C=O) groups is 2. The van der Waals surface area contributed by atoms with E-state index in [1.54, 1.807) is 17.8 Å². The van der Waals surface area contributed by atoms with Crippen LogP contribution < -0.4 is 25.7 Å². The van der Waals surface area contributed by atoms with Crippen LogP contribution in [-0.2, 0) is 16.1 Å². The highest BCUT2D eigenvalue weighted by molar-refractivity contribution is 7.98. The lowest BCUT2D eigenvalue weighted by atomic mass is 10.2. The molecule has 2 amide bonds. The van der Waals surface area contributed by atoms with Crippen molar-refractivity contribution in [2.75, 3.05) is 26.2 Å². The van der Waals surface area contributed by atoms with Crippen molar-refractivity contribution in [3.8, 4) is 11.5 Å². The molecule has 1 aromatic heterocycles. The number of methoxy groups -OCH3 is 2. The maximum atomic E-state index is 12.8. The molecule has 9 nitrogen and oxygen atoms in total. The number of hydrogen-bond donors (Lipinski definition) is 2. The average molecular weight is 437 g/mol. The van der Waals surface area contributed by atoms with Gasteiger partial charge in [0, 0.05) is 12.1 Å². The summed E-state index contributed by atoms with van der Waals surface area (Å²) in [5, 5.41) is 5.84. The molecule has 30 heavy (non-hydrogen) atoms. The standard InChI is InChI=1S/C20H28N4O5S/c1-12(2)22-19(26)14(6-7-30-5)23-18(25)10-24-11-21-15-9-17(29-4)16(28-3)8-13(15)20(24)27/h8-9,11-12,14H,6-7,10H2,1-5H3,(H,22,26)(H,23,25)/t14-/m0/s1. The summed E-state index contributed by atoms with van der Waals surface area (Å²) in [5.41, 5.74) is 0.0480. The van der Waals surface area contributed by atoms with Gasteiger partial charge in [0.05, 0.1) is 31.4 Å². The van der Waals surface area contributed by atoms with Crippen molar-refractivity contribution in [1.29, 1.82) is 0 Å². The minimum Gasteiger partial charge on any atom is -0.493 e. The molecule has 0 bridgehead atoms. The molecule has 0 fully saturated rings. The Morgan fingerprint density at radius 1 is 1.17 bits per heavy atom. The van der Waals surface area contributed by atoms with E-state index in [0.717, 1.165) is 5.75 Å². The summed E-state index contributed by atoms with van der Waals surface area (Å²) in [5.74, 6) is 0.890. The van der Waals surface area contributed by atoms with Crippen LogP contribution in [0.2, 0.25) is 0 Å². The molecule has 164 valence electrons. The Balaban J connectivity index is 2.23. The first-order valence-corrected chi connectivity index (χ1v) is 10.9. The second-order valence-electron chi connectivity index (χ2n) is 6.97. The van der Waals surface area contributed by atoms with Gasteiger partial charge in [-0.25, -0.2) is 4.98 Å². The van der Waals surface area contributed by atoms with Crippen molar-refractivity contribution in [3.05, 3.63) is 28.8 Å². The predicted molar refractivity (Wildman–Crippen MR) is 117 cm³/mol. The van der Waals surface area contributed by atoms with Crippen molar-refractivity contribution in [2.45, 2.75) is 38.9 Å². The maximum absolute atomic E-state index is 12.8. The Kier molecular flexibility index (Phi) is 8.52. The Labute approximate surface area is 179 Å². The summed E-state index contributed by atoms with van der Waals surface area (Å²) in [6.07, 6.45) is 3.73. The lowest BCUT2D eigenvalue weighted by Gasteiger charge is -2.20. The van der Waals surface area contributed by atoms with E-state index < -0.39 is 11.9 Å². The number of thioether (sulfide) groups is 1. The molecule has 0 aliphatic rings. The van der Waals surface area contributed by atoms with Crippen LogP contribution in [0.15, 0.2) is 23.3 Å². The zero-order valence-corrected chi connectivity index (χ0v) is 18.7. The average Bonchev–Trinajstić information content (AvgIpc) is 2.71. The fraction of sp³-hybridized carbons (Fsp3) is 0.500. The molecule has 0 unspecified atom stereocenters. The van der Waals surface area contributed by atoms with Gasteiger partial charge in [0.1, 0.15) is 12.6 Å². The van der Waals surface area contributed by atoms with Gasteiger partial charge in [-0.1, -0.05) is 0 Å². The van der Waals surface area contributed by atoms with Gasteiger partial charge in [0.15, 0.2) is 11.5 Å². The fourth-order valence-corrected chi connectivity index (χ4v) is 3.35. The molecular formula is C20H28N4O5S. The number of fused-ring (bicyclic) bond motifs is 1. The molecule has 0 aliphatic heterocycles. The van der Waals surface area contributed by atoms with E-state index in [1.807, 2.05) is 20.1 Å². The van der Waals surface area contributed by atoms with Gasteiger partial charge in [-0.2, -0.15) is 11.8 Å². The topological polar surface area (TPSA) is 112 Å². The lowest BCUT2D eigenvalue weighted by Crippen LogP contribution is -2.50. The van der Waals surface area contributed by atoms with E-state index in [9.17, 15) is 14.4 Å². The quantitative estimate of drug-likeness (QED) is 0.575. The number of amides is 2. The zero-order valence-electron chi connectivity index (χ0n) is 17.9. The van der Waals surface area contributed by atoms with E-state index in [4.69, 9.17) is 9.47 Å². The zero-order chi connectivity index (χ0) is 22.3. The van der Waals surface area contributed by atoms with Crippen LogP contribution >= 0.6 is 11.8 Å². The van der Waals surface area contributed by atoms with Crippen LogP contribution in [-0.4, -0.2) is 59.7 Å². The molecule has 2 N–H and O–H groups in total. The van der Waals surface area contributed by atoms with Gasteiger partial charge in [-0.15, -0.1) is 0 Å². The molecule has 10 heteroatoms. The number of ether oxygens (including phenoxy) is 2. The Morgan fingerprint density at radius 2 is 1.83 bits per heavy atom. The monoisotopic (exact) mass is 436 g/mol. The molecule has 1 atom stereocenters. The molecule has 0 saturated carbocycles. The highest BCUT2D eigenvalue weighted by atomic mass is 32.2. The van der Waals surface area contributed by atoms with Gasteiger partial charge in [0.2, 0.25) is 11.8 Å². The van der Waals surface area contributed by atoms with Crippen molar-refractivity contribution >= 4 is 34.5 Å². The molecule has 0 spiro atoms. The normalized spacial score (nSPS) is 11.9. The van der Waals surface area contributed by atoms with Crippen LogP contribution in [0.25, 0.3) is 10.9 Å². The van der Waals surface area contributed by atoms with Crippen LogP contribution in [0, 0.1) is 0 Å². The fourth-order valence-electron chi connectivity index (χ4n) is 2.88. The van der Waals surface area contributed by atoms with Gasteiger partial charge in [0.25, 0.3) is 5.56 Å². The number of carbonyl (C=O) groups excluding carboxylic acids is 2. The molecule has 1 heterocycles. The van der Waals surface area contributed by atoms with E-state index in [-0.39, 0.29) is 24.1 Å². The van der Waals surface area contributed by atoms with E-state index >= 15 is 0 Å². The van der Waals surface area contributed by atoms with Gasteiger partial charge in [-0.05, 0) is 38.3 Å². The lowest BCUT2D eigenvalue weighted by molar-refractivity contribution is -0.129. The number of nitrogens with zero attached hydrogens (tertiary/aromatic N) is 2. The Morgan fingerprint density at radius 3 is 2.43 bits per heavy atom. The van der Waals surface area contributed by atoms with Crippen molar-refractivity contribution in [3.63, 3.8) is 0 Å². The van der Waals surface area contributed by atoms with E-state index in [2.05, 4.69) is 15.6 Å². The first-order chi connectivity index (χ1) is 14.3. The summed E-state index contributed by atoms with van der Waals surface area (Å²) >= 11 is 1.59. The van der Waals surface area contributed by atoms with E-state index in [1.165, 1.54) is 31.2 Å². The highest BCUT2D eigenvalue weighted by Gasteiger charge is 2.21. The third-order valence-corrected chi connectivity index (χ3v) is 4.98. The molecule has 0 radical (unpaired) electrons. The number of nitrogens with one attached hydrogen (secondary N) is 2. The molecule has 1 aromatic carbocycles. The number of hydrogen-bond acceptors (Lipinski definition) is 7. The van der Waals surface area contributed by atoms with Gasteiger partial charge in [-0.3, -0.25) is 19.0 Å². The Bertz CT molecular complexity index is 960. The maximum Gasteiger partial charge on any atom is 0.261 e. The first-order valence-electron chi connectivity index (χ1n) is 9.50. The van der Waals surface area contributed by atoms with Crippen molar-refractivity contribution < 1.29 is 19.1 Å². The molecular weight excluding hydrogens is 408 g/mol. The smallest absolute Gasteiger partial charge is 0.261 e. The molecule has 2 rings (SSSR count). The second-order valence-corrected chi connectivity index (χ2v) is 7.95.